The molecule has 0 amide bonds. The molecule has 0 spiro atoms. The van der Waals surface area contributed by atoms with Gasteiger partial charge in [-0.2, -0.15) is 17.4 Å². The van der Waals surface area contributed by atoms with Crippen LogP contribution in [-0.2, 0) is 10.2 Å². The molecule has 1 fully saturated rings. The van der Waals surface area contributed by atoms with Crippen LogP contribution in [0.4, 0.5) is 0 Å². The number of aliphatic hydroxyl groups excluding tert-OH is 1. The van der Waals surface area contributed by atoms with E-state index in [1.807, 2.05) is 37.3 Å². The predicted octanol–water partition coefficient (Wildman–Crippen LogP) is 1.86. The first-order valence-corrected chi connectivity index (χ1v) is 9.42. The second kappa shape index (κ2) is 8.06. The Morgan fingerprint density at radius 3 is 2.27 bits per heavy atom. The molecule has 2 unspecified atom stereocenters. The Bertz CT molecular complexity index is 540. The van der Waals surface area contributed by atoms with Crippen molar-refractivity contribution in [2.24, 2.45) is 0 Å². The molecule has 5 nitrogen and oxygen atoms in total. The number of hydrogen-bond donors (Lipinski definition) is 2. The fourth-order valence-corrected chi connectivity index (χ4v) is 4.38. The van der Waals surface area contributed by atoms with E-state index in [9.17, 15) is 13.5 Å². The number of rotatable bonds is 6. The van der Waals surface area contributed by atoms with E-state index in [-0.39, 0.29) is 12.5 Å². The van der Waals surface area contributed by atoms with Crippen molar-refractivity contribution in [1.82, 2.24) is 9.03 Å². The maximum atomic E-state index is 12.5. The maximum Gasteiger partial charge on any atom is 0.279 e. The van der Waals surface area contributed by atoms with Crippen LogP contribution in [0.3, 0.4) is 0 Å². The van der Waals surface area contributed by atoms with Crippen LogP contribution in [0.1, 0.15) is 44.1 Å². The van der Waals surface area contributed by atoms with Crippen molar-refractivity contribution in [3.05, 3.63) is 35.9 Å². The van der Waals surface area contributed by atoms with E-state index in [0.29, 0.717) is 13.1 Å². The zero-order chi connectivity index (χ0) is 16.0. The van der Waals surface area contributed by atoms with Gasteiger partial charge in [0, 0.05) is 13.1 Å². The summed E-state index contributed by atoms with van der Waals surface area (Å²) in [7, 11) is -3.55. The number of benzene rings is 1. The summed E-state index contributed by atoms with van der Waals surface area (Å²) in [5.74, 6) is -0.0899. The van der Waals surface area contributed by atoms with Gasteiger partial charge in [-0.05, 0) is 24.3 Å². The van der Waals surface area contributed by atoms with Gasteiger partial charge in [-0.15, -0.1) is 0 Å². The zero-order valence-electron chi connectivity index (χ0n) is 13.1. The first-order valence-electron chi connectivity index (χ1n) is 7.98. The summed E-state index contributed by atoms with van der Waals surface area (Å²) in [6.07, 6.45) is 3.96. The summed E-state index contributed by atoms with van der Waals surface area (Å²) < 4.78 is 29.3. The van der Waals surface area contributed by atoms with Gasteiger partial charge in [0.25, 0.3) is 10.2 Å². The highest BCUT2D eigenvalue weighted by molar-refractivity contribution is 7.87. The molecule has 2 atom stereocenters. The Morgan fingerprint density at radius 1 is 1.14 bits per heavy atom. The van der Waals surface area contributed by atoms with E-state index < -0.39 is 16.3 Å². The molecule has 0 radical (unpaired) electrons. The van der Waals surface area contributed by atoms with E-state index >= 15 is 0 Å². The second-order valence-corrected chi connectivity index (χ2v) is 7.63. The maximum absolute atomic E-state index is 12.5. The molecule has 2 N–H and O–H groups in total. The van der Waals surface area contributed by atoms with Crippen molar-refractivity contribution < 1.29 is 13.5 Å². The van der Waals surface area contributed by atoms with Crippen LogP contribution in [0.5, 0.6) is 0 Å². The Balaban J connectivity index is 2.08. The third kappa shape index (κ3) is 4.52. The number of nitrogens with zero attached hydrogens (tertiary/aromatic N) is 1. The normalized spacial score (nSPS) is 20.3. The lowest BCUT2D eigenvalue weighted by molar-refractivity contribution is 0.239. The summed E-state index contributed by atoms with van der Waals surface area (Å²) in [6, 6.07) is 9.15. The van der Waals surface area contributed by atoms with E-state index in [1.54, 1.807) is 0 Å². The Hall–Kier alpha value is -0.950. The van der Waals surface area contributed by atoms with E-state index in [1.165, 1.54) is 4.31 Å². The lowest BCUT2D eigenvalue weighted by Crippen LogP contribution is -2.48. The molecule has 1 heterocycles. The minimum Gasteiger partial charge on any atom is -0.395 e. The second-order valence-electron chi connectivity index (χ2n) is 5.92. The third-order valence-electron chi connectivity index (χ3n) is 4.33. The highest BCUT2D eigenvalue weighted by Gasteiger charge is 2.28. The van der Waals surface area contributed by atoms with Gasteiger partial charge in [0.15, 0.2) is 0 Å². The molecule has 1 aliphatic heterocycles. The summed E-state index contributed by atoms with van der Waals surface area (Å²) in [5, 5.41) is 9.63. The molecule has 0 saturated carbocycles. The van der Waals surface area contributed by atoms with E-state index in [0.717, 1.165) is 31.2 Å². The highest BCUT2D eigenvalue weighted by atomic mass is 32.2. The van der Waals surface area contributed by atoms with Gasteiger partial charge in [-0.1, -0.05) is 50.1 Å². The van der Waals surface area contributed by atoms with Gasteiger partial charge < -0.3 is 5.11 Å². The number of aliphatic hydroxyl groups is 1. The van der Waals surface area contributed by atoms with Crippen LogP contribution in [0.2, 0.25) is 0 Å². The van der Waals surface area contributed by atoms with Gasteiger partial charge in [0.1, 0.15) is 0 Å². The zero-order valence-corrected chi connectivity index (χ0v) is 13.9. The van der Waals surface area contributed by atoms with Crippen molar-refractivity contribution in [3.63, 3.8) is 0 Å². The molecule has 6 heteroatoms. The third-order valence-corrected chi connectivity index (χ3v) is 5.98. The van der Waals surface area contributed by atoms with Crippen LogP contribution in [-0.4, -0.2) is 43.6 Å². The number of nitrogens with one attached hydrogen (secondary N) is 1. The topological polar surface area (TPSA) is 69.6 Å². The van der Waals surface area contributed by atoms with E-state index in [4.69, 9.17) is 0 Å². The van der Waals surface area contributed by atoms with Crippen LogP contribution in [0.25, 0.3) is 0 Å². The van der Waals surface area contributed by atoms with Crippen LogP contribution in [0.15, 0.2) is 30.3 Å². The molecular weight excluding hydrogens is 300 g/mol. The first kappa shape index (κ1) is 17.4. The molecule has 2 rings (SSSR count). The molecule has 0 bridgehead atoms. The average molecular weight is 326 g/mol. The minimum atomic E-state index is -3.55. The van der Waals surface area contributed by atoms with Crippen LogP contribution < -0.4 is 4.72 Å². The molecule has 1 saturated heterocycles. The summed E-state index contributed by atoms with van der Waals surface area (Å²) in [5.41, 5.74) is 1.01. The number of hydrogen-bond acceptors (Lipinski definition) is 3. The van der Waals surface area contributed by atoms with Crippen molar-refractivity contribution in [2.45, 2.75) is 44.6 Å². The summed E-state index contributed by atoms with van der Waals surface area (Å²) in [4.78, 5) is 0. The molecule has 124 valence electrons. The lowest BCUT2D eigenvalue weighted by atomic mass is 9.94. The standard InChI is InChI=1S/C16H26N2O3S/c1-14(15-9-5-4-6-10-15)16(13-19)17-22(20,21)18-11-7-2-3-8-12-18/h4-6,9-10,14,16-17,19H,2-3,7-8,11-13H2,1H3. The molecular formula is C16H26N2O3S. The Kier molecular flexibility index (Phi) is 6.37. The Labute approximate surface area is 133 Å². The molecule has 0 aromatic heterocycles. The van der Waals surface area contributed by atoms with Gasteiger partial charge >= 0.3 is 0 Å². The largest absolute Gasteiger partial charge is 0.395 e. The van der Waals surface area contributed by atoms with Crippen LogP contribution >= 0.6 is 0 Å². The molecule has 1 aromatic rings. The predicted molar refractivity (Wildman–Crippen MR) is 87.8 cm³/mol. The van der Waals surface area contributed by atoms with Crippen molar-refractivity contribution in [1.29, 1.82) is 0 Å². The monoisotopic (exact) mass is 326 g/mol. The molecule has 0 aliphatic carbocycles. The summed E-state index contributed by atoms with van der Waals surface area (Å²) in [6.45, 7) is 2.84. The highest BCUT2D eigenvalue weighted by Crippen LogP contribution is 2.20. The van der Waals surface area contributed by atoms with Gasteiger partial charge in [0.05, 0.1) is 12.6 Å². The van der Waals surface area contributed by atoms with Crippen molar-refractivity contribution in [3.8, 4) is 0 Å². The van der Waals surface area contributed by atoms with Gasteiger partial charge in [-0.3, -0.25) is 0 Å². The van der Waals surface area contributed by atoms with Crippen molar-refractivity contribution in [2.75, 3.05) is 19.7 Å². The fourth-order valence-electron chi connectivity index (χ4n) is 2.83. The first-order chi connectivity index (χ1) is 10.5. The van der Waals surface area contributed by atoms with Crippen LogP contribution in [0, 0.1) is 0 Å². The average Bonchev–Trinajstić information content (AvgIpc) is 2.82. The quantitative estimate of drug-likeness (QED) is 0.838. The van der Waals surface area contributed by atoms with Crippen molar-refractivity contribution >= 4 is 10.2 Å². The molecule has 22 heavy (non-hydrogen) atoms. The smallest absolute Gasteiger partial charge is 0.279 e. The fraction of sp³-hybridized carbons (Fsp3) is 0.625. The summed E-state index contributed by atoms with van der Waals surface area (Å²) >= 11 is 0. The SMILES string of the molecule is CC(c1ccccc1)C(CO)NS(=O)(=O)N1CCCCCC1. The minimum absolute atomic E-state index is 0.0899. The molecule has 1 aromatic carbocycles. The Morgan fingerprint density at radius 2 is 1.73 bits per heavy atom. The van der Waals surface area contributed by atoms with Gasteiger partial charge in [-0.25, -0.2) is 0 Å². The molecule has 1 aliphatic rings. The lowest BCUT2D eigenvalue weighted by Gasteiger charge is -2.27. The van der Waals surface area contributed by atoms with E-state index in [2.05, 4.69) is 4.72 Å². The van der Waals surface area contributed by atoms with Gasteiger partial charge in [0.2, 0.25) is 0 Å².